The molecule has 22 heavy (non-hydrogen) atoms. The van der Waals surface area contributed by atoms with Crippen molar-refractivity contribution in [3.8, 4) is 0 Å². The van der Waals surface area contributed by atoms with E-state index in [0.29, 0.717) is 6.54 Å². The molecule has 0 aliphatic heterocycles. The van der Waals surface area contributed by atoms with Crippen LogP contribution in [0.1, 0.15) is 24.0 Å². The molecule has 0 aliphatic carbocycles. The third-order valence-corrected chi connectivity index (χ3v) is 3.67. The second-order valence-corrected chi connectivity index (χ2v) is 5.66. The summed E-state index contributed by atoms with van der Waals surface area (Å²) in [5, 5.41) is 10.2. The molecular weight excluding hydrogens is 270 g/mol. The minimum Gasteiger partial charge on any atom is -0.392 e. The number of nitrogens with zero attached hydrogens (tertiary/aromatic N) is 1. The quantitative estimate of drug-likeness (QED) is 0.706. The van der Waals surface area contributed by atoms with E-state index in [1.54, 1.807) is 0 Å². The monoisotopic (exact) mass is 295 g/mol. The zero-order chi connectivity index (χ0) is 15.6. The maximum Gasteiger partial charge on any atom is 0.0670 e. The smallest absolute Gasteiger partial charge is 0.0670 e. The number of benzene rings is 2. The van der Waals surface area contributed by atoms with Crippen molar-refractivity contribution in [1.82, 2.24) is 4.90 Å². The Morgan fingerprint density at radius 1 is 0.909 bits per heavy atom. The van der Waals surface area contributed by atoms with E-state index in [4.69, 9.17) is 0 Å². The van der Waals surface area contributed by atoms with E-state index in [1.165, 1.54) is 11.1 Å². The molecule has 0 heterocycles. The lowest BCUT2D eigenvalue weighted by Gasteiger charge is -2.25. The molecule has 0 saturated heterocycles. The number of allylic oxidation sites excluding steroid dienone is 1. The Morgan fingerprint density at radius 2 is 1.41 bits per heavy atom. The summed E-state index contributed by atoms with van der Waals surface area (Å²) in [6, 6.07) is 20.8. The lowest BCUT2D eigenvalue weighted by atomic mass is 10.1. The molecule has 0 radical (unpaired) electrons. The molecule has 2 aromatic rings. The van der Waals surface area contributed by atoms with Crippen molar-refractivity contribution in [3.05, 3.63) is 84.4 Å². The minimum atomic E-state index is -0.314. The molecule has 116 valence electrons. The molecule has 0 fully saturated rings. The molecule has 1 atom stereocenters. The maximum atomic E-state index is 10.2. The fraction of sp³-hybridized carbons (Fsp3) is 0.300. The van der Waals surface area contributed by atoms with E-state index in [2.05, 4.69) is 60.0 Å². The Morgan fingerprint density at radius 3 is 1.86 bits per heavy atom. The summed E-state index contributed by atoms with van der Waals surface area (Å²) in [7, 11) is 0. The second-order valence-electron chi connectivity index (χ2n) is 5.66. The molecule has 1 N–H and O–H groups in total. The molecule has 0 aromatic heterocycles. The van der Waals surface area contributed by atoms with Crippen molar-refractivity contribution in [2.75, 3.05) is 6.54 Å². The van der Waals surface area contributed by atoms with Gasteiger partial charge in [-0.2, -0.15) is 0 Å². The summed E-state index contributed by atoms with van der Waals surface area (Å²) in [6.07, 6.45) is 3.17. The summed E-state index contributed by atoms with van der Waals surface area (Å²) >= 11 is 0. The van der Waals surface area contributed by atoms with Gasteiger partial charge in [0.2, 0.25) is 0 Å². The number of rotatable bonds is 9. The molecule has 0 spiro atoms. The van der Waals surface area contributed by atoms with Crippen molar-refractivity contribution in [3.63, 3.8) is 0 Å². The SMILES string of the molecule is C=CCCC(O)CN(Cc1ccccc1)Cc1ccccc1. The average molecular weight is 295 g/mol. The fourth-order valence-corrected chi connectivity index (χ4v) is 2.57. The number of hydrogen-bond acceptors (Lipinski definition) is 2. The largest absolute Gasteiger partial charge is 0.392 e. The molecule has 1 unspecified atom stereocenters. The van der Waals surface area contributed by atoms with Crippen LogP contribution in [0.2, 0.25) is 0 Å². The second kappa shape index (κ2) is 9.19. The highest BCUT2D eigenvalue weighted by atomic mass is 16.3. The van der Waals surface area contributed by atoms with Crippen LogP contribution in [0, 0.1) is 0 Å². The van der Waals surface area contributed by atoms with Gasteiger partial charge in [0.15, 0.2) is 0 Å². The van der Waals surface area contributed by atoms with E-state index in [0.717, 1.165) is 25.9 Å². The molecule has 0 saturated carbocycles. The molecule has 2 nitrogen and oxygen atoms in total. The van der Waals surface area contributed by atoms with Crippen molar-refractivity contribution in [1.29, 1.82) is 0 Å². The Hall–Kier alpha value is -1.90. The predicted octanol–water partition coefficient (Wildman–Crippen LogP) is 4.02. The highest BCUT2D eigenvalue weighted by Crippen LogP contribution is 2.12. The molecule has 2 aromatic carbocycles. The number of aliphatic hydroxyl groups is 1. The van der Waals surface area contributed by atoms with Gasteiger partial charge >= 0.3 is 0 Å². The fourth-order valence-electron chi connectivity index (χ4n) is 2.57. The average Bonchev–Trinajstić information content (AvgIpc) is 2.55. The molecule has 0 bridgehead atoms. The van der Waals surface area contributed by atoms with Crippen molar-refractivity contribution < 1.29 is 5.11 Å². The summed E-state index contributed by atoms with van der Waals surface area (Å²) in [4.78, 5) is 2.30. The van der Waals surface area contributed by atoms with E-state index in [1.807, 2.05) is 18.2 Å². The van der Waals surface area contributed by atoms with Gasteiger partial charge in [-0.25, -0.2) is 0 Å². The first-order chi connectivity index (χ1) is 10.8. The van der Waals surface area contributed by atoms with Crippen molar-refractivity contribution in [2.45, 2.75) is 32.0 Å². The first-order valence-corrected chi connectivity index (χ1v) is 7.87. The molecule has 0 amide bonds. The Labute approximate surface area is 133 Å². The van der Waals surface area contributed by atoms with Crippen molar-refractivity contribution in [2.24, 2.45) is 0 Å². The van der Waals surface area contributed by atoms with Crippen LogP contribution in [0.5, 0.6) is 0 Å². The minimum absolute atomic E-state index is 0.314. The topological polar surface area (TPSA) is 23.5 Å². The molecule has 2 rings (SSSR count). The van der Waals surface area contributed by atoms with E-state index in [-0.39, 0.29) is 6.10 Å². The van der Waals surface area contributed by atoms with Crippen LogP contribution in [-0.2, 0) is 13.1 Å². The summed E-state index contributed by atoms with van der Waals surface area (Å²) < 4.78 is 0. The highest BCUT2D eigenvalue weighted by Gasteiger charge is 2.12. The Balaban J connectivity index is 2.01. The number of hydrogen-bond donors (Lipinski definition) is 1. The Kier molecular flexibility index (Phi) is 6.88. The van der Waals surface area contributed by atoms with Crippen LogP contribution in [0.25, 0.3) is 0 Å². The predicted molar refractivity (Wildman–Crippen MR) is 92.4 cm³/mol. The van der Waals surface area contributed by atoms with Gasteiger partial charge in [-0.05, 0) is 24.0 Å². The van der Waals surface area contributed by atoms with Gasteiger partial charge in [-0.1, -0.05) is 66.7 Å². The molecule has 2 heteroatoms. The van der Waals surface area contributed by atoms with Crippen LogP contribution in [0.4, 0.5) is 0 Å². The van der Waals surface area contributed by atoms with Crippen molar-refractivity contribution >= 4 is 0 Å². The first-order valence-electron chi connectivity index (χ1n) is 7.87. The molecular formula is C20H25NO. The van der Waals surface area contributed by atoms with Crippen LogP contribution >= 0.6 is 0 Å². The van der Waals surface area contributed by atoms with Crippen LogP contribution in [0.3, 0.4) is 0 Å². The van der Waals surface area contributed by atoms with Gasteiger partial charge in [-0.3, -0.25) is 4.90 Å². The third-order valence-electron chi connectivity index (χ3n) is 3.67. The zero-order valence-electron chi connectivity index (χ0n) is 13.1. The van der Waals surface area contributed by atoms with Gasteiger partial charge < -0.3 is 5.11 Å². The lowest BCUT2D eigenvalue weighted by molar-refractivity contribution is 0.0984. The van der Waals surface area contributed by atoms with Gasteiger partial charge in [0.1, 0.15) is 0 Å². The van der Waals surface area contributed by atoms with Gasteiger partial charge in [0, 0.05) is 19.6 Å². The van der Waals surface area contributed by atoms with Gasteiger partial charge in [0.05, 0.1) is 6.10 Å². The summed E-state index contributed by atoms with van der Waals surface area (Å²) in [6.45, 7) is 6.10. The highest BCUT2D eigenvalue weighted by molar-refractivity contribution is 5.17. The summed E-state index contributed by atoms with van der Waals surface area (Å²) in [5.74, 6) is 0. The number of aliphatic hydroxyl groups excluding tert-OH is 1. The van der Waals surface area contributed by atoms with E-state index >= 15 is 0 Å². The van der Waals surface area contributed by atoms with E-state index < -0.39 is 0 Å². The third kappa shape index (κ3) is 5.84. The van der Waals surface area contributed by atoms with Gasteiger partial charge in [0.25, 0.3) is 0 Å². The van der Waals surface area contributed by atoms with Crippen LogP contribution in [0.15, 0.2) is 73.3 Å². The first kappa shape index (κ1) is 16.5. The maximum absolute atomic E-state index is 10.2. The van der Waals surface area contributed by atoms with Crippen LogP contribution < -0.4 is 0 Å². The zero-order valence-corrected chi connectivity index (χ0v) is 13.1. The summed E-state index contributed by atoms with van der Waals surface area (Å²) in [5.41, 5.74) is 2.55. The lowest BCUT2D eigenvalue weighted by Crippen LogP contribution is -2.31. The Bertz CT molecular complexity index is 497. The standard InChI is InChI=1S/C20H25NO/c1-2-3-14-20(22)17-21(15-18-10-6-4-7-11-18)16-19-12-8-5-9-13-19/h2,4-13,20,22H,1,3,14-17H2. The van der Waals surface area contributed by atoms with E-state index in [9.17, 15) is 5.11 Å². The van der Waals surface area contributed by atoms with Gasteiger partial charge in [-0.15, -0.1) is 6.58 Å². The molecule has 0 aliphatic rings. The van der Waals surface area contributed by atoms with Crippen LogP contribution in [-0.4, -0.2) is 22.7 Å². The normalized spacial score (nSPS) is 12.3.